The van der Waals surface area contributed by atoms with Crippen LogP contribution in [0.5, 0.6) is 0 Å². The van der Waals surface area contributed by atoms with Crippen molar-refractivity contribution in [3.63, 3.8) is 0 Å². The van der Waals surface area contributed by atoms with E-state index in [2.05, 4.69) is 4.74 Å². The first-order chi connectivity index (χ1) is 8.34. The average molecular weight is 298 g/mol. The summed E-state index contributed by atoms with van der Waals surface area (Å²) in [5.74, 6) is -15.1. The second-order valence-electron chi connectivity index (χ2n) is 4.32. The highest BCUT2D eigenvalue weighted by Gasteiger charge is 2.77. The van der Waals surface area contributed by atoms with Gasteiger partial charge < -0.3 is 4.74 Å². The van der Waals surface area contributed by atoms with E-state index < -0.39 is 30.6 Å². The van der Waals surface area contributed by atoms with E-state index in [0.29, 0.717) is 6.42 Å². The monoisotopic (exact) mass is 298 g/mol. The minimum absolute atomic E-state index is 0.0943. The summed E-state index contributed by atoms with van der Waals surface area (Å²) < 4.78 is 89.3. The Hall–Kier alpha value is -1.02. The fourth-order valence-corrected chi connectivity index (χ4v) is 1.05. The number of hydrogen-bond acceptors (Lipinski definition) is 2. The van der Waals surface area contributed by atoms with E-state index >= 15 is 0 Å². The van der Waals surface area contributed by atoms with Crippen LogP contribution in [-0.4, -0.2) is 30.6 Å². The van der Waals surface area contributed by atoms with Crippen LogP contribution in [0.3, 0.4) is 0 Å². The van der Waals surface area contributed by atoms with Gasteiger partial charge in [0.2, 0.25) is 0 Å². The molecule has 0 saturated carbocycles. The molecule has 0 atom stereocenters. The van der Waals surface area contributed by atoms with Gasteiger partial charge in [0, 0.05) is 0 Å². The van der Waals surface area contributed by atoms with Crippen molar-refractivity contribution in [3.05, 3.63) is 0 Å². The molecule has 19 heavy (non-hydrogen) atoms. The summed E-state index contributed by atoms with van der Waals surface area (Å²) in [4.78, 5) is 10.7. The van der Waals surface area contributed by atoms with Gasteiger partial charge >= 0.3 is 24.0 Å². The van der Waals surface area contributed by atoms with Crippen LogP contribution in [0.25, 0.3) is 0 Å². The van der Waals surface area contributed by atoms with Gasteiger partial charge in [-0.05, 0) is 18.8 Å². The van der Waals surface area contributed by atoms with Crippen molar-refractivity contribution < 1.29 is 40.3 Å². The summed E-state index contributed by atoms with van der Waals surface area (Å²) in [6.07, 6.45) is -5.99. The van der Waals surface area contributed by atoms with Gasteiger partial charge in [0.05, 0.1) is 6.61 Å². The standard InChI is InChI=1S/C10H13F7O2/c1-6(2)4-3-5-19-7(18)8(11,12)9(13,14)10(15,16)17/h6H,3-5H2,1-2H3. The van der Waals surface area contributed by atoms with Gasteiger partial charge in [0.15, 0.2) is 0 Å². The van der Waals surface area contributed by atoms with E-state index in [1.54, 1.807) is 13.8 Å². The van der Waals surface area contributed by atoms with Crippen molar-refractivity contribution in [3.8, 4) is 0 Å². The van der Waals surface area contributed by atoms with Gasteiger partial charge in [-0.1, -0.05) is 13.8 Å². The lowest BCUT2D eigenvalue weighted by Gasteiger charge is -2.26. The molecule has 0 fully saturated rings. The maximum Gasteiger partial charge on any atom is 0.460 e. The van der Waals surface area contributed by atoms with Gasteiger partial charge in [-0.2, -0.15) is 30.7 Å². The predicted molar refractivity (Wildman–Crippen MR) is 51.0 cm³/mol. The summed E-state index contributed by atoms with van der Waals surface area (Å²) >= 11 is 0. The minimum atomic E-state index is -6.53. The van der Waals surface area contributed by atoms with Crippen LogP contribution in [-0.2, 0) is 9.53 Å². The van der Waals surface area contributed by atoms with E-state index in [1.165, 1.54) is 0 Å². The fraction of sp³-hybridized carbons (Fsp3) is 0.900. The Morgan fingerprint density at radius 2 is 1.53 bits per heavy atom. The lowest BCUT2D eigenvalue weighted by atomic mass is 10.1. The number of esters is 1. The number of rotatable bonds is 6. The Morgan fingerprint density at radius 1 is 1.05 bits per heavy atom. The van der Waals surface area contributed by atoms with Crippen molar-refractivity contribution in [2.75, 3.05) is 6.61 Å². The molecule has 9 heteroatoms. The minimum Gasteiger partial charge on any atom is -0.461 e. The number of carbonyl (C=O) groups is 1. The zero-order chi connectivity index (χ0) is 15.5. The van der Waals surface area contributed by atoms with Crippen molar-refractivity contribution in [2.24, 2.45) is 5.92 Å². The lowest BCUT2D eigenvalue weighted by Crippen LogP contribution is -2.56. The highest BCUT2D eigenvalue weighted by Crippen LogP contribution is 2.46. The zero-order valence-electron chi connectivity index (χ0n) is 10.2. The van der Waals surface area contributed by atoms with Crippen LogP contribution < -0.4 is 0 Å². The molecule has 114 valence electrons. The summed E-state index contributed by atoms with van der Waals surface area (Å²) in [6.45, 7) is 2.91. The Balaban J connectivity index is 4.61. The van der Waals surface area contributed by atoms with Crippen molar-refractivity contribution in [1.29, 1.82) is 0 Å². The lowest BCUT2D eigenvalue weighted by molar-refractivity contribution is -0.348. The molecule has 0 rings (SSSR count). The van der Waals surface area contributed by atoms with Gasteiger partial charge in [-0.3, -0.25) is 0 Å². The highest BCUT2D eigenvalue weighted by atomic mass is 19.4. The van der Waals surface area contributed by atoms with Crippen molar-refractivity contribution in [2.45, 2.75) is 44.7 Å². The molecule has 0 aromatic carbocycles. The van der Waals surface area contributed by atoms with Crippen LogP contribution >= 0.6 is 0 Å². The molecule has 0 amide bonds. The number of alkyl halides is 7. The van der Waals surface area contributed by atoms with E-state index in [4.69, 9.17) is 0 Å². The molecule has 0 unspecified atom stereocenters. The van der Waals surface area contributed by atoms with Gasteiger partial charge in [0.25, 0.3) is 0 Å². The van der Waals surface area contributed by atoms with Crippen LogP contribution in [0.1, 0.15) is 26.7 Å². The average Bonchev–Trinajstić information content (AvgIpc) is 2.21. The topological polar surface area (TPSA) is 26.3 Å². The predicted octanol–water partition coefficient (Wildman–Crippen LogP) is 3.80. The molecule has 0 aromatic rings. The first-order valence-electron chi connectivity index (χ1n) is 5.33. The summed E-state index contributed by atoms with van der Waals surface area (Å²) in [5.41, 5.74) is 0. The quantitative estimate of drug-likeness (QED) is 0.423. The van der Waals surface area contributed by atoms with Crippen LogP contribution in [0.4, 0.5) is 30.7 Å². The molecule has 0 radical (unpaired) electrons. The Morgan fingerprint density at radius 3 is 1.89 bits per heavy atom. The van der Waals surface area contributed by atoms with Crippen LogP contribution in [0.2, 0.25) is 0 Å². The molecule has 0 saturated heterocycles. The number of ether oxygens (including phenoxy) is 1. The SMILES string of the molecule is CC(C)CCCOC(=O)C(F)(F)C(F)(F)C(F)(F)F. The molecule has 0 bridgehead atoms. The van der Waals surface area contributed by atoms with E-state index in [1.807, 2.05) is 0 Å². The first-order valence-corrected chi connectivity index (χ1v) is 5.33. The van der Waals surface area contributed by atoms with Crippen molar-refractivity contribution in [1.82, 2.24) is 0 Å². The Kier molecular flexibility index (Phi) is 5.64. The maximum atomic E-state index is 12.7. The third kappa shape index (κ3) is 4.24. The van der Waals surface area contributed by atoms with Crippen molar-refractivity contribution >= 4 is 5.97 Å². The molecular weight excluding hydrogens is 285 g/mol. The van der Waals surface area contributed by atoms with Gasteiger partial charge in [0.1, 0.15) is 0 Å². The molecule has 0 heterocycles. The molecule has 0 spiro atoms. The third-order valence-corrected chi connectivity index (χ3v) is 2.17. The van der Waals surface area contributed by atoms with Crippen LogP contribution in [0, 0.1) is 5.92 Å². The molecule has 0 aliphatic carbocycles. The molecule has 0 aliphatic rings. The van der Waals surface area contributed by atoms with Gasteiger partial charge in [-0.25, -0.2) is 4.79 Å². The molecule has 2 nitrogen and oxygen atoms in total. The fourth-order valence-electron chi connectivity index (χ4n) is 1.05. The second kappa shape index (κ2) is 5.96. The molecule has 0 aliphatic heterocycles. The first kappa shape index (κ1) is 18.0. The van der Waals surface area contributed by atoms with E-state index in [0.717, 1.165) is 0 Å². The zero-order valence-corrected chi connectivity index (χ0v) is 10.2. The molecular formula is C10H13F7O2. The normalized spacial score (nSPS) is 13.8. The Labute approximate surface area is 104 Å². The third-order valence-electron chi connectivity index (χ3n) is 2.17. The Bertz CT molecular complexity index is 309. The molecule has 0 N–H and O–H groups in total. The van der Waals surface area contributed by atoms with Crippen LogP contribution in [0.15, 0.2) is 0 Å². The van der Waals surface area contributed by atoms with Gasteiger partial charge in [-0.15, -0.1) is 0 Å². The smallest absolute Gasteiger partial charge is 0.460 e. The summed E-state index contributed by atoms with van der Waals surface area (Å²) in [5, 5.41) is 0. The molecule has 0 aromatic heterocycles. The highest BCUT2D eigenvalue weighted by molar-refractivity contribution is 5.79. The maximum absolute atomic E-state index is 12.7. The number of hydrogen-bond donors (Lipinski definition) is 0. The summed E-state index contributed by atoms with van der Waals surface area (Å²) in [7, 11) is 0. The number of carbonyl (C=O) groups excluding carboxylic acids is 1. The second-order valence-corrected chi connectivity index (χ2v) is 4.32. The summed E-state index contributed by atoms with van der Waals surface area (Å²) in [6, 6.07) is 0. The van der Waals surface area contributed by atoms with E-state index in [-0.39, 0.29) is 12.3 Å². The number of halogens is 7. The van der Waals surface area contributed by atoms with E-state index in [9.17, 15) is 35.5 Å². The largest absolute Gasteiger partial charge is 0.461 e.